The van der Waals surface area contributed by atoms with E-state index in [9.17, 15) is 4.79 Å². The summed E-state index contributed by atoms with van der Waals surface area (Å²) >= 11 is 1.61. The van der Waals surface area contributed by atoms with Crippen LogP contribution in [0.5, 0.6) is 0 Å². The van der Waals surface area contributed by atoms with Gasteiger partial charge >= 0.3 is 0 Å². The third-order valence-corrected chi connectivity index (χ3v) is 4.92. The lowest BCUT2D eigenvalue weighted by Gasteiger charge is -2.30. The molecule has 0 saturated carbocycles. The van der Waals surface area contributed by atoms with Crippen LogP contribution in [0.1, 0.15) is 30.0 Å². The van der Waals surface area contributed by atoms with E-state index < -0.39 is 0 Å². The number of pyridine rings is 1. The first-order chi connectivity index (χ1) is 11.1. The van der Waals surface area contributed by atoms with E-state index in [1.807, 2.05) is 19.1 Å². The fourth-order valence-corrected chi connectivity index (χ4v) is 3.65. The molecular weight excluding hydrogens is 310 g/mol. The standard InChI is InChI=1S/C16H21N5OS/c1-11-3-2-6-18-15(11)20-16-19-13(10-23-16)12-4-7-21(8-5-12)9-14(17)22/h2-3,6,10,12H,4-5,7-9H2,1H3,(H2,17,22)(H,18,19,20). The van der Waals surface area contributed by atoms with Gasteiger partial charge in [0.1, 0.15) is 5.82 Å². The number of amides is 1. The number of carbonyl (C=O) groups is 1. The minimum absolute atomic E-state index is 0.255. The Labute approximate surface area is 139 Å². The summed E-state index contributed by atoms with van der Waals surface area (Å²) in [4.78, 5) is 22.1. The average molecular weight is 331 g/mol. The number of aryl methyl sites for hydroxylation is 1. The molecule has 2 aromatic rings. The van der Waals surface area contributed by atoms with Gasteiger partial charge in [0, 0.05) is 17.5 Å². The van der Waals surface area contributed by atoms with E-state index in [-0.39, 0.29) is 5.91 Å². The molecular formula is C16H21N5OS. The van der Waals surface area contributed by atoms with Crippen molar-refractivity contribution in [1.82, 2.24) is 14.9 Å². The van der Waals surface area contributed by atoms with Gasteiger partial charge in [-0.05, 0) is 44.5 Å². The average Bonchev–Trinajstić information content (AvgIpc) is 2.98. The normalized spacial score (nSPS) is 16.4. The molecule has 3 rings (SSSR count). The molecule has 0 atom stereocenters. The SMILES string of the molecule is Cc1cccnc1Nc1nc(C2CCN(CC(N)=O)CC2)cs1. The Balaban J connectivity index is 1.60. The number of nitrogens with one attached hydrogen (secondary N) is 1. The van der Waals surface area contributed by atoms with Gasteiger partial charge in [-0.2, -0.15) is 0 Å². The molecule has 6 nitrogen and oxygen atoms in total. The van der Waals surface area contributed by atoms with Crippen LogP contribution in [0.3, 0.4) is 0 Å². The number of hydrogen-bond acceptors (Lipinski definition) is 6. The summed E-state index contributed by atoms with van der Waals surface area (Å²) in [6, 6.07) is 3.95. The number of aromatic nitrogens is 2. The first-order valence-corrected chi connectivity index (χ1v) is 8.64. The highest BCUT2D eigenvalue weighted by molar-refractivity contribution is 7.13. The van der Waals surface area contributed by atoms with Gasteiger partial charge in [-0.15, -0.1) is 11.3 Å². The lowest BCUT2D eigenvalue weighted by Crippen LogP contribution is -2.39. The van der Waals surface area contributed by atoms with Crippen molar-refractivity contribution in [2.45, 2.75) is 25.7 Å². The molecule has 23 heavy (non-hydrogen) atoms. The second kappa shape index (κ2) is 7.06. The lowest BCUT2D eigenvalue weighted by molar-refractivity contribution is -0.119. The molecule has 1 aliphatic rings. The Morgan fingerprint density at radius 3 is 2.96 bits per heavy atom. The van der Waals surface area contributed by atoms with Crippen LogP contribution in [-0.4, -0.2) is 40.4 Å². The molecule has 3 N–H and O–H groups in total. The lowest BCUT2D eigenvalue weighted by atomic mass is 9.94. The number of rotatable bonds is 5. The van der Waals surface area contributed by atoms with Crippen molar-refractivity contribution in [3.8, 4) is 0 Å². The predicted octanol–water partition coefficient (Wildman–Crippen LogP) is 2.25. The van der Waals surface area contributed by atoms with E-state index in [0.29, 0.717) is 12.5 Å². The molecule has 0 aliphatic carbocycles. The predicted molar refractivity (Wildman–Crippen MR) is 92.0 cm³/mol. The second-order valence-electron chi connectivity index (χ2n) is 5.89. The summed E-state index contributed by atoms with van der Waals surface area (Å²) in [6.07, 6.45) is 3.80. The van der Waals surface area contributed by atoms with Gasteiger partial charge in [-0.25, -0.2) is 9.97 Å². The minimum Gasteiger partial charge on any atom is -0.369 e. The van der Waals surface area contributed by atoms with Gasteiger partial charge in [-0.3, -0.25) is 9.69 Å². The summed E-state index contributed by atoms with van der Waals surface area (Å²) in [5, 5.41) is 6.29. The molecule has 2 aromatic heterocycles. The molecule has 0 spiro atoms. The molecule has 0 bridgehead atoms. The van der Waals surface area contributed by atoms with Gasteiger partial charge in [-0.1, -0.05) is 6.07 Å². The Morgan fingerprint density at radius 2 is 2.26 bits per heavy atom. The Kier molecular flexibility index (Phi) is 4.88. The van der Waals surface area contributed by atoms with Crippen molar-refractivity contribution in [2.75, 3.05) is 25.0 Å². The van der Waals surface area contributed by atoms with Gasteiger partial charge in [0.2, 0.25) is 5.91 Å². The van der Waals surface area contributed by atoms with Crippen LogP contribution in [-0.2, 0) is 4.79 Å². The molecule has 122 valence electrons. The van der Waals surface area contributed by atoms with E-state index in [1.165, 1.54) is 0 Å². The Hall–Kier alpha value is -1.99. The summed E-state index contributed by atoms with van der Waals surface area (Å²) in [5.74, 6) is 1.05. The molecule has 1 saturated heterocycles. The van der Waals surface area contributed by atoms with E-state index >= 15 is 0 Å². The van der Waals surface area contributed by atoms with Crippen LogP contribution >= 0.6 is 11.3 Å². The first kappa shape index (κ1) is 15.9. The number of likely N-dealkylation sites (tertiary alicyclic amines) is 1. The second-order valence-corrected chi connectivity index (χ2v) is 6.75. The molecule has 7 heteroatoms. The number of primary amides is 1. The fraction of sp³-hybridized carbons (Fsp3) is 0.438. The van der Waals surface area contributed by atoms with Crippen molar-refractivity contribution >= 4 is 28.2 Å². The number of nitrogens with two attached hydrogens (primary N) is 1. The number of nitrogens with zero attached hydrogens (tertiary/aromatic N) is 3. The highest BCUT2D eigenvalue weighted by atomic mass is 32.1. The number of carbonyl (C=O) groups excluding carboxylic acids is 1. The summed E-state index contributed by atoms with van der Waals surface area (Å²) < 4.78 is 0. The quantitative estimate of drug-likeness (QED) is 0.878. The van der Waals surface area contributed by atoms with Crippen molar-refractivity contribution < 1.29 is 4.79 Å². The third-order valence-electron chi connectivity index (χ3n) is 4.14. The fourth-order valence-electron chi connectivity index (χ4n) is 2.86. The van der Waals surface area contributed by atoms with Crippen molar-refractivity contribution in [1.29, 1.82) is 0 Å². The van der Waals surface area contributed by atoms with Crippen LogP contribution in [0.25, 0.3) is 0 Å². The topological polar surface area (TPSA) is 84.1 Å². The summed E-state index contributed by atoms with van der Waals surface area (Å²) in [5.41, 5.74) is 7.48. The number of anilines is 2. The van der Waals surface area contributed by atoms with Crippen LogP contribution in [0.2, 0.25) is 0 Å². The Bertz CT molecular complexity index is 679. The first-order valence-electron chi connectivity index (χ1n) is 7.76. The zero-order valence-electron chi connectivity index (χ0n) is 13.2. The van der Waals surface area contributed by atoms with E-state index in [0.717, 1.165) is 48.1 Å². The van der Waals surface area contributed by atoms with Crippen molar-refractivity contribution in [3.63, 3.8) is 0 Å². The maximum absolute atomic E-state index is 11.0. The largest absolute Gasteiger partial charge is 0.369 e. The number of thiazole rings is 1. The van der Waals surface area contributed by atoms with E-state index in [2.05, 4.69) is 20.6 Å². The number of hydrogen-bond donors (Lipinski definition) is 2. The maximum atomic E-state index is 11.0. The van der Waals surface area contributed by atoms with Gasteiger partial charge in [0.15, 0.2) is 5.13 Å². The Morgan fingerprint density at radius 1 is 1.48 bits per heavy atom. The summed E-state index contributed by atoms with van der Waals surface area (Å²) in [6.45, 7) is 4.17. The number of piperidine rings is 1. The highest BCUT2D eigenvalue weighted by Crippen LogP contribution is 2.31. The maximum Gasteiger partial charge on any atom is 0.231 e. The van der Waals surface area contributed by atoms with Crippen molar-refractivity contribution in [3.05, 3.63) is 35.0 Å². The zero-order chi connectivity index (χ0) is 16.2. The van der Waals surface area contributed by atoms with E-state index in [4.69, 9.17) is 10.7 Å². The minimum atomic E-state index is -0.255. The van der Waals surface area contributed by atoms with Gasteiger partial charge in [0.05, 0.1) is 12.2 Å². The molecule has 1 fully saturated rings. The molecule has 1 aliphatic heterocycles. The van der Waals surface area contributed by atoms with Crippen LogP contribution < -0.4 is 11.1 Å². The highest BCUT2D eigenvalue weighted by Gasteiger charge is 2.23. The molecule has 1 amide bonds. The van der Waals surface area contributed by atoms with E-state index in [1.54, 1.807) is 17.5 Å². The molecule has 0 unspecified atom stereocenters. The summed E-state index contributed by atoms with van der Waals surface area (Å²) in [7, 11) is 0. The van der Waals surface area contributed by atoms with Crippen LogP contribution in [0.4, 0.5) is 10.9 Å². The monoisotopic (exact) mass is 331 g/mol. The van der Waals surface area contributed by atoms with Crippen LogP contribution in [0, 0.1) is 6.92 Å². The van der Waals surface area contributed by atoms with Crippen LogP contribution in [0.15, 0.2) is 23.7 Å². The van der Waals surface area contributed by atoms with Crippen molar-refractivity contribution in [2.24, 2.45) is 5.73 Å². The smallest absolute Gasteiger partial charge is 0.231 e. The molecule has 3 heterocycles. The molecule has 0 radical (unpaired) electrons. The zero-order valence-corrected chi connectivity index (χ0v) is 14.0. The van der Waals surface area contributed by atoms with Gasteiger partial charge < -0.3 is 11.1 Å². The third kappa shape index (κ3) is 4.05. The molecule has 0 aromatic carbocycles. The van der Waals surface area contributed by atoms with Gasteiger partial charge in [0.25, 0.3) is 0 Å².